The lowest BCUT2D eigenvalue weighted by atomic mass is 9.95. The average molecular weight is 392 g/mol. The number of hydrogen-bond acceptors (Lipinski definition) is 2. The van der Waals surface area contributed by atoms with Gasteiger partial charge in [-0.05, 0) is 37.1 Å². The summed E-state index contributed by atoms with van der Waals surface area (Å²) < 4.78 is 20.7. The number of nitrogens with one attached hydrogen (secondary N) is 1. The second-order valence-corrected chi connectivity index (χ2v) is 7.26. The van der Waals surface area contributed by atoms with E-state index in [9.17, 15) is 4.39 Å². The Bertz CT molecular complexity index is 670. The molecule has 2 aromatic carbocycles. The van der Waals surface area contributed by atoms with Crippen molar-refractivity contribution in [3.8, 4) is 5.75 Å². The molecule has 0 heterocycles. The monoisotopic (exact) mass is 391 g/mol. The van der Waals surface area contributed by atoms with Crippen LogP contribution in [0.25, 0.3) is 0 Å². The molecule has 0 radical (unpaired) electrons. The molecular weight excluding hydrogens is 369 g/mol. The van der Waals surface area contributed by atoms with Crippen LogP contribution in [0.3, 0.4) is 0 Å². The van der Waals surface area contributed by atoms with E-state index in [2.05, 4.69) is 27.3 Å². The van der Waals surface area contributed by atoms with E-state index < -0.39 is 0 Å². The summed E-state index contributed by atoms with van der Waals surface area (Å²) in [5, 5.41) is 3.64. The standard InChI is InChI=1S/C20H23BrFNO/c21-17-10-11-20(24-14-15-6-4-5-9-19(15)22)16(12-17)13-23-18-7-2-1-3-8-18/h4-6,9-12,18,23H,1-3,7-8,13-14H2. The number of ether oxygens (including phenoxy) is 1. The van der Waals surface area contributed by atoms with Crippen molar-refractivity contribution in [3.63, 3.8) is 0 Å². The summed E-state index contributed by atoms with van der Waals surface area (Å²) in [6.07, 6.45) is 6.48. The Labute approximate surface area is 151 Å². The summed E-state index contributed by atoms with van der Waals surface area (Å²) in [7, 11) is 0. The highest BCUT2D eigenvalue weighted by Crippen LogP contribution is 2.25. The highest BCUT2D eigenvalue weighted by Gasteiger charge is 2.14. The molecule has 2 aromatic rings. The Morgan fingerprint density at radius 1 is 1.04 bits per heavy atom. The third-order valence-electron chi connectivity index (χ3n) is 4.55. The quantitative estimate of drug-likeness (QED) is 0.692. The normalized spacial score (nSPS) is 15.4. The second-order valence-electron chi connectivity index (χ2n) is 6.35. The summed E-state index contributed by atoms with van der Waals surface area (Å²) >= 11 is 3.53. The topological polar surface area (TPSA) is 21.3 Å². The lowest BCUT2D eigenvalue weighted by molar-refractivity contribution is 0.294. The molecule has 1 fully saturated rings. The zero-order chi connectivity index (χ0) is 16.8. The lowest BCUT2D eigenvalue weighted by Gasteiger charge is -2.23. The summed E-state index contributed by atoms with van der Waals surface area (Å²) in [6, 6.07) is 13.3. The maximum atomic E-state index is 13.7. The molecule has 0 aromatic heterocycles. The SMILES string of the molecule is Fc1ccccc1COc1ccc(Br)cc1CNC1CCCCC1. The Morgan fingerprint density at radius 3 is 2.62 bits per heavy atom. The Balaban J connectivity index is 1.65. The van der Waals surface area contributed by atoms with Crippen LogP contribution in [-0.2, 0) is 13.2 Å². The van der Waals surface area contributed by atoms with E-state index in [0.29, 0.717) is 11.6 Å². The highest BCUT2D eigenvalue weighted by molar-refractivity contribution is 9.10. The Hall–Kier alpha value is -1.39. The first kappa shape index (κ1) is 17.4. The molecule has 0 atom stereocenters. The molecule has 128 valence electrons. The van der Waals surface area contributed by atoms with Crippen LogP contribution in [0.15, 0.2) is 46.9 Å². The summed E-state index contributed by atoms with van der Waals surface area (Å²) in [4.78, 5) is 0. The van der Waals surface area contributed by atoms with Gasteiger partial charge in [0.15, 0.2) is 0 Å². The van der Waals surface area contributed by atoms with Crippen LogP contribution in [0.2, 0.25) is 0 Å². The molecule has 0 unspecified atom stereocenters. The van der Waals surface area contributed by atoms with E-state index in [-0.39, 0.29) is 12.4 Å². The fourth-order valence-corrected chi connectivity index (χ4v) is 3.57. The van der Waals surface area contributed by atoms with Crippen LogP contribution >= 0.6 is 15.9 Å². The van der Waals surface area contributed by atoms with Crippen LogP contribution in [0.5, 0.6) is 5.75 Å². The van der Waals surface area contributed by atoms with Crippen molar-refractivity contribution in [3.05, 3.63) is 63.9 Å². The average Bonchev–Trinajstić information content (AvgIpc) is 2.61. The zero-order valence-electron chi connectivity index (χ0n) is 13.7. The largest absolute Gasteiger partial charge is 0.488 e. The molecule has 2 nitrogen and oxygen atoms in total. The van der Waals surface area contributed by atoms with Crippen LogP contribution in [0.1, 0.15) is 43.2 Å². The van der Waals surface area contributed by atoms with Gasteiger partial charge in [0, 0.05) is 28.2 Å². The molecule has 24 heavy (non-hydrogen) atoms. The van der Waals surface area contributed by atoms with E-state index >= 15 is 0 Å². The fourth-order valence-electron chi connectivity index (χ4n) is 3.16. The second kappa shape index (κ2) is 8.63. The fraction of sp³-hybridized carbons (Fsp3) is 0.400. The van der Waals surface area contributed by atoms with Crippen molar-refractivity contribution in [2.45, 2.75) is 51.3 Å². The minimum atomic E-state index is -0.225. The smallest absolute Gasteiger partial charge is 0.129 e. The van der Waals surface area contributed by atoms with Crippen molar-refractivity contribution >= 4 is 15.9 Å². The predicted octanol–water partition coefficient (Wildman–Crippen LogP) is 5.59. The maximum absolute atomic E-state index is 13.7. The zero-order valence-corrected chi connectivity index (χ0v) is 15.3. The van der Waals surface area contributed by atoms with Gasteiger partial charge in [-0.25, -0.2) is 4.39 Å². The van der Waals surface area contributed by atoms with E-state index in [4.69, 9.17) is 4.74 Å². The molecule has 4 heteroatoms. The van der Waals surface area contributed by atoms with Crippen LogP contribution < -0.4 is 10.1 Å². The molecule has 0 aliphatic heterocycles. The van der Waals surface area contributed by atoms with Gasteiger partial charge in [0.05, 0.1) is 0 Å². The molecule has 1 saturated carbocycles. The molecule has 0 saturated heterocycles. The molecule has 0 spiro atoms. The van der Waals surface area contributed by atoms with Gasteiger partial charge in [-0.3, -0.25) is 0 Å². The summed E-state index contributed by atoms with van der Waals surface area (Å²) in [5.41, 5.74) is 1.68. The maximum Gasteiger partial charge on any atom is 0.129 e. The van der Waals surface area contributed by atoms with E-state index in [1.54, 1.807) is 12.1 Å². The molecule has 1 aliphatic rings. The number of halogens is 2. The van der Waals surface area contributed by atoms with Gasteiger partial charge in [0.25, 0.3) is 0 Å². The van der Waals surface area contributed by atoms with Gasteiger partial charge in [-0.15, -0.1) is 0 Å². The van der Waals surface area contributed by atoms with Gasteiger partial charge in [-0.2, -0.15) is 0 Å². The van der Waals surface area contributed by atoms with Crippen molar-refractivity contribution in [2.24, 2.45) is 0 Å². The van der Waals surface area contributed by atoms with Crippen LogP contribution in [0, 0.1) is 5.82 Å². The van der Waals surface area contributed by atoms with Gasteiger partial charge >= 0.3 is 0 Å². The van der Waals surface area contributed by atoms with Crippen molar-refractivity contribution in [1.82, 2.24) is 5.32 Å². The van der Waals surface area contributed by atoms with Crippen molar-refractivity contribution < 1.29 is 9.13 Å². The van der Waals surface area contributed by atoms with Crippen molar-refractivity contribution in [2.75, 3.05) is 0 Å². The third kappa shape index (κ3) is 4.81. The molecular formula is C20H23BrFNO. The van der Waals surface area contributed by atoms with Crippen LogP contribution in [0.4, 0.5) is 4.39 Å². The number of benzene rings is 2. The lowest BCUT2D eigenvalue weighted by Crippen LogP contribution is -2.30. The summed E-state index contributed by atoms with van der Waals surface area (Å²) in [6.45, 7) is 1.02. The number of rotatable bonds is 6. The first-order valence-corrected chi connectivity index (χ1v) is 9.39. The molecule has 1 aliphatic carbocycles. The molecule has 3 rings (SSSR count). The minimum Gasteiger partial charge on any atom is -0.488 e. The first-order valence-electron chi connectivity index (χ1n) is 8.60. The van der Waals surface area contributed by atoms with Gasteiger partial charge < -0.3 is 10.1 Å². The van der Waals surface area contributed by atoms with Gasteiger partial charge in [0.2, 0.25) is 0 Å². The van der Waals surface area contributed by atoms with Crippen molar-refractivity contribution in [1.29, 1.82) is 0 Å². The first-order chi connectivity index (χ1) is 11.7. The third-order valence-corrected chi connectivity index (χ3v) is 5.04. The minimum absolute atomic E-state index is 0.225. The molecule has 0 bridgehead atoms. The van der Waals surface area contributed by atoms with E-state index in [1.165, 1.54) is 38.2 Å². The highest BCUT2D eigenvalue weighted by atomic mass is 79.9. The van der Waals surface area contributed by atoms with E-state index in [1.807, 2.05) is 18.2 Å². The van der Waals surface area contributed by atoms with Gasteiger partial charge in [0.1, 0.15) is 18.2 Å². The molecule has 0 amide bonds. The van der Waals surface area contributed by atoms with Crippen LogP contribution in [-0.4, -0.2) is 6.04 Å². The Morgan fingerprint density at radius 2 is 1.83 bits per heavy atom. The number of hydrogen-bond donors (Lipinski definition) is 1. The van der Waals surface area contributed by atoms with Gasteiger partial charge in [-0.1, -0.05) is 53.4 Å². The Kier molecular flexibility index (Phi) is 6.27. The molecule has 1 N–H and O–H groups in total. The van der Waals surface area contributed by atoms with E-state index in [0.717, 1.165) is 22.3 Å². The summed E-state index contributed by atoms with van der Waals surface area (Å²) in [5.74, 6) is 0.584. The predicted molar refractivity (Wildman–Crippen MR) is 98.6 cm³/mol.